The topological polar surface area (TPSA) is 90.9 Å². The van der Waals surface area contributed by atoms with Gasteiger partial charge in [0.2, 0.25) is 0 Å². The summed E-state index contributed by atoms with van der Waals surface area (Å²) in [6.45, 7) is 5.06. The Bertz CT molecular complexity index is 1760. The van der Waals surface area contributed by atoms with Crippen LogP contribution in [0.25, 0.3) is 17.4 Å². The number of allylic oxidation sites excluding steroid dienone is 1. The van der Waals surface area contributed by atoms with Crippen molar-refractivity contribution in [3.05, 3.63) is 114 Å². The van der Waals surface area contributed by atoms with Gasteiger partial charge in [0.15, 0.2) is 10.6 Å². The molecule has 1 aliphatic heterocycles. The molecule has 3 heterocycles. The molecule has 0 spiro atoms. The molecular formula is C29H23FN2O5S. The zero-order chi connectivity index (χ0) is 27.0. The van der Waals surface area contributed by atoms with Gasteiger partial charge in [0.05, 0.1) is 28.5 Å². The van der Waals surface area contributed by atoms with Crippen LogP contribution in [-0.4, -0.2) is 22.9 Å². The number of halogens is 1. The molecule has 0 saturated heterocycles. The number of nitrogens with zero attached hydrogens (tertiary/aromatic N) is 2. The van der Waals surface area contributed by atoms with Gasteiger partial charge in [-0.1, -0.05) is 47.7 Å². The summed E-state index contributed by atoms with van der Waals surface area (Å²) in [6.07, 6.45) is 1.63. The number of esters is 1. The number of hydrogen-bond donors (Lipinski definition) is 0. The molecule has 2 aromatic heterocycles. The summed E-state index contributed by atoms with van der Waals surface area (Å²) in [4.78, 5) is 43.0. The van der Waals surface area contributed by atoms with E-state index in [2.05, 4.69) is 4.99 Å². The number of ketones is 1. The Morgan fingerprint density at radius 3 is 2.47 bits per heavy atom. The molecule has 0 saturated carbocycles. The number of ether oxygens (including phenoxy) is 1. The van der Waals surface area contributed by atoms with Gasteiger partial charge in [-0.15, -0.1) is 0 Å². The number of rotatable bonds is 6. The highest BCUT2D eigenvalue weighted by Crippen LogP contribution is 2.31. The molecule has 4 aromatic rings. The van der Waals surface area contributed by atoms with Crippen LogP contribution in [-0.2, 0) is 9.53 Å². The lowest BCUT2D eigenvalue weighted by Crippen LogP contribution is -2.39. The summed E-state index contributed by atoms with van der Waals surface area (Å²) in [6, 6.07) is 15.5. The molecule has 38 heavy (non-hydrogen) atoms. The van der Waals surface area contributed by atoms with Crippen LogP contribution in [0.4, 0.5) is 4.39 Å². The minimum Gasteiger partial charge on any atom is -0.463 e. The van der Waals surface area contributed by atoms with Gasteiger partial charge in [0, 0.05) is 17.2 Å². The Hall–Kier alpha value is -4.37. The van der Waals surface area contributed by atoms with E-state index in [9.17, 15) is 18.8 Å². The third-order valence-corrected chi connectivity index (χ3v) is 7.16. The summed E-state index contributed by atoms with van der Waals surface area (Å²) < 4.78 is 26.7. The van der Waals surface area contributed by atoms with Gasteiger partial charge in [-0.25, -0.2) is 14.2 Å². The quantitative estimate of drug-likeness (QED) is 0.272. The van der Waals surface area contributed by atoms with Gasteiger partial charge in [-0.05, 0) is 50.6 Å². The molecule has 0 aliphatic carbocycles. The van der Waals surface area contributed by atoms with Gasteiger partial charge in [0.25, 0.3) is 5.56 Å². The predicted octanol–water partition coefficient (Wildman–Crippen LogP) is 4.40. The maximum atomic E-state index is 13.7. The van der Waals surface area contributed by atoms with Crippen molar-refractivity contribution in [2.75, 3.05) is 6.61 Å². The number of Topliss-reactive ketones (excluding diaryl/α,β-unsaturated/α-hetero) is 1. The van der Waals surface area contributed by atoms with Crippen LogP contribution in [0.5, 0.6) is 0 Å². The molecule has 0 radical (unpaired) electrons. The van der Waals surface area contributed by atoms with E-state index >= 15 is 0 Å². The second-order valence-electron chi connectivity index (χ2n) is 8.69. The molecule has 5 rings (SSSR count). The first-order valence-electron chi connectivity index (χ1n) is 11.9. The van der Waals surface area contributed by atoms with Gasteiger partial charge >= 0.3 is 5.97 Å². The largest absolute Gasteiger partial charge is 0.463 e. The Balaban J connectivity index is 1.59. The van der Waals surface area contributed by atoms with E-state index in [4.69, 9.17) is 9.15 Å². The Labute approximate surface area is 220 Å². The highest BCUT2D eigenvalue weighted by molar-refractivity contribution is 7.07. The molecule has 2 aromatic carbocycles. The molecule has 7 nitrogen and oxygen atoms in total. The molecule has 0 fully saturated rings. The van der Waals surface area contributed by atoms with Crippen LogP contribution in [0.1, 0.15) is 48.5 Å². The normalized spacial score (nSPS) is 15.3. The molecule has 192 valence electrons. The second-order valence-corrected chi connectivity index (χ2v) is 9.70. The van der Waals surface area contributed by atoms with Crippen LogP contribution in [0.3, 0.4) is 0 Å². The summed E-state index contributed by atoms with van der Waals surface area (Å²) in [5.41, 5.74) is 2.26. The van der Waals surface area contributed by atoms with Crippen molar-refractivity contribution in [3.8, 4) is 11.3 Å². The van der Waals surface area contributed by atoms with Gasteiger partial charge in [0.1, 0.15) is 17.3 Å². The van der Waals surface area contributed by atoms with Crippen LogP contribution in [0, 0.1) is 5.82 Å². The first-order valence-corrected chi connectivity index (χ1v) is 12.7. The van der Waals surface area contributed by atoms with E-state index in [1.807, 2.05) is 0 Å². The molecule has 1 aliphatic rings. The zero-order valence-corrected chi connectivity index (χ0v) is 21.7. The fourth-order valence-corrected chi connectivity index (χ4v) is 5.36. The fraction of sp³-hybridized carbons (Fsp3) is 0.172. The maximum Gasteiger partial charge on any atom is 0.338 e. The standard InChI is InChI=1S/C29H23FN2O5S/c1-4-36-28(35)25-16(2)31-29-32(26(25)20-9-11-21(30)12-10-20)27(34)24(38-29)15-22-13-14-23(37-22)19-7-5-18(6-8-19)17(3)33/h5-15,26H,4H2,1-3H3/b24-15+. The molecule has 0 N–H and O–H groups in total. The number of hydrogen-bond acceptors (Lipinski definition) is 7. The molecule has 0 amide bonds. The lowest BCUT2D eigenvalue weighted by atomic mass is 9.96. The summed E-state index contributed by atoms with van der Waals surface area (Å²) in [5.74, 6) is 0.0182. The van der Waals surface area contributed by atoms with E-state index in [1.165, 1.54) is 35.0 Å². The van der Waals surface area contributed by atoms with Crippen LogP contribution >= 0.6 is 11.3 Å². The van der Waals surface area contributed by atoms with E-state index in [1.54, 1.807) is 68.5 Å². The number of benzene rings is 2. The highest BCUT2D eigenvalue weighted by atomic mass is 32.1. The van der Waals surface area contributed by atoms with Gasteiger partial charge < -0.3 is 9.15 Å². The van der Waals surface area contributed by atoms with E-state index in [0.29, 0.717) is 37.7 Å². The molecule has 9 heteroatoms. The van der Waals surface area contributed by atoms with E-state index in [0.717, 1.165) is 5.56 Å². The summed E-state index contributed by atoms with van der Waals surface area (Å²) >= 11 is 1.17. The molecular weight excluding hydrogens is 507 g/mol. The van der Waals surface area contributed by atoms with Crippen molar-refractivity contribution in [2.45, 2.75) is 26.8 Å². The van der Waals surface area contributed by atoms with E-state index < -0.39 is 17.8 Å². The minimum atomic E-state index is -0.819. The zero-order valence-electron chi connectivity index (χ0n) is 20.9. The van der Waals surface area contributed by atoms with E-state index in [-0.39, 0.29) is 23.5 Å². The number of aromatic nitrogens is 1. The Morgan fingerprint density at radius 2 is 1.82 bits per heavy atom. The fourth-order valence-electron chi connectivity index (χ4n) is 4.34. The average Bonchev–Trinajstić information content (AvgIpc) is 3.48. The van der Waals surface area contributed by atoms with Crippen molar-refractivity contribution < 1.29 is 23.1 Å². The van der Waals surface area contributed by atoms with Crippen molar-refractivity contribution in [3.63, 3.8) is 0 Å². The smallest absolute Gasteiger partial charge is 0.338 e. The third-order valence-electron chi connectivity index (χ3n) is 6.18. The van der Waals surface area contributed by atoms with Crippen LogP contribution < -0.4 is 14.9 Å². The minimum absolute atomic E-state index is 0.0210. The summed E-state index contributed by atoms with van der Waals surface area (Å²) in [5, 5.41) is 0. The average molecular weight is 531 g/mol. The lowest BCUT2D eigenvalue weighted by Gasteiger charge is -2.24. The third kappa shape index (κ3) is 4.68. The number of furan rings is 1. The van der Waals surface area contributed by atoms with Crippen molar-refractivity contribution in [1.29, 1.82) is 0 Å². The predicted molar refractivity (Wildman–Crippen MR) is 141 cm³/mol. The highest BCUT2D eigenvalue weighted by Gasteiger charge is 2.33. The number of carbonyl (C=O) groups is 2. The number of carbonyl (C=O) groups excluding carboxylic acids is 2. The SMILES string of the molecule is CCOC(=O)C1=C(C)N=c2s/c(=C/c3ccc(-c4ccc(C(C)=O)cc4)o3)c(=O)n2C1c1ccc(F)cc1. The Kier molecular flexibility index (Phi) is 6.77. The monoisotopic (exact) mass is 530 g/mol. The van der Waals surface area contributed by atoms with Gasteiger partial charge in [-0.3, -0.25) is 14.2 Å². The maximum absolute atomic E-state index is 13.7. The number of thiazole rings is 1. The summed E-state index contributed by atoms with van der Waals surface area (Å²) in [7, 11) is 0. The Morgan fingerprint density at radius 1 is 1.11 bits per heavy atom. The van der Waals surface area contributed by atoms with Gasteiger partial charge in [-0.2, -0.15) is 0 Å². The molecule has 1 unspecified atom stereocenters. The number of fused-ring (bicyclic) bond motifs is 1. The van der Waals surface area contributed by atoms with Crippen molar-refractivity contribution >= 4 is 29.2 Å². The van der Waals surface area contributed by atoms with Crippen molar-refractivity contribution in [1.82, 2.24) is 4.57 Å². The first kappa shape index (κ1) is 25.3. The molecule has 0 bridgehead atoms. The lowest BCUT2D eigenvalue weighted by molar-refractivity contribution is -0.139. The second kappa shape index (κ2) is 10.2. The first-order chi connectivity index (χ1) is 18.3. The molecule has 1 atom stereocenters. The van der Waals surface area contributed by atoms with Crippen molar-refractivity contribution in [2.24, 2.45) is 4.99 Å². The van der Waals surface area contributed by atoms with Crippen LogP contribution in [0.2, 0.25) is 0 Å². The van der Waals surface area contributed by atoms with Crippen LogP contribution in [0.15, 0.2) is 86.1 Å².